The standard InChI is InChI=1S/C20H38O2/c1-3-5-7-9-11-12-13-15-17-19-22-20-21-18-16-14-10-8-6-4-2/h1H,4-20H2,2H3. The summed E-state index contributed by atoms with van der Waals surface area (Å²) in [6.45, 7) is 4.42. The normalized spacial score (nSPS) is 10.7. The minimum absolute atomic E-state index is 0.473. The molecule has 2 heteroatoms. The largest absolute Gasteiger partial charge is 0.355 e. The summed E-state index contributed by atoms with van der Waals surface area (Å²) in [5.74, 6) is 2.69. The molecule has 0 amide bonds. The van der Waals surface area contributed by atoms with Crippen molar-refractivity contribution in [1.29, 1.82) is 0 Å². The smallest absolute Gasteiger partial charge is 0.146 e. The molecule has 22 heavy (non-hydrogen) atoms. The first-order valence-electron chi connectivity index (χ1n) is 9.50. The lowest BCUT2D eigenvalue weighted by Crippen LogP contribution is -2.03. The maximum Gasteiger partial charge on any atom is 0.146 e. The summed E-state index contributed by atoms with van der Waals surface area (Å²) >= 11 is 0. The zero-order chi connectivity index (χ0) is 16.1. The molecule has 0 spiro atoms. The number of rotatable bonds is 18. The molecule has 0 heterocycles. The van der Waals surface area contributed by atoms with Crippen LogP contribution in [0.2, 0.25) is 0 Å². The first kappa shape index (κ1) is 21.5. The molecule has 130 valence electrons. The molecule has 0 aromatic carbocycles. The van der Waals surface area contributed by atoms with E-state index in [1.54, 1.807) is 0 Å². The number of hydrogen-bond acceptors (Lipinski definition) is 2. The second kappa shape index (κ2) is 20.5. The van der Waals surface area contributed by atoms with Crippen LogP contribution in [0.5, 0.6) is 0 Å². The van der Waals surface area contributed by atoms with E-state index in [0.29, 0.717) is 6.79 Å². The van der Waals surface area contributed by atoms with Crippen molar-refractivity contribution in [2.75, 3.05) is 20.0 Å². The summed E-state index contributed by atoms with van der Waals surface area (Å²) in [7, 11) is 0. The minimum atomic E-state index is 0.473. The molecule has 0 saturated carbocycles. The highest BCUT2D eigenvalue weighted by Gasteiger charge is 1.94. The Morgan fingerprint density at radius 3 is 1.59 bits per heavy atom. The molecule has 0 fully saturated rings. The molecule has 0 aromatic rings. The Balaban J connectivity index is 2.93. The van der Waals surface area contributed by atoms with E-state index in [9.17, 15) is 0 Å². The van der Waals surface area contributed by atoms with E-state index in [4.69, 9.17) is 15.9 Å². The molecule has 0 saturated heterocycles. The van der Waals surface area contributed by atoms with Gasteiger partial charge in [-0.2, -0.15) is 0 Å². The fraction of sp³-hybridized carbons (Fsp3) is 0.900. The van der Waals surface area contributed by atoms with Gasteiger partial charge in [0.25, 0.3) is 0 Å². The Labute approximate surface area is 139 Å². The highest BCUT2D eigenvalue weighted by atomic mass is 16.7. The van der Waals surface area contributed by atoms with E-state index >= 15 is 0 Å². The second-order valence-electron chi connectivity index (χ2n) is 6.13. The molecule has 0 aliphatic carbocycles. The highest BCUT2D eigenvalue weighted by molar-refractivity contribution is 4.82. The lowest BCUT2D eigenvalue weighted by Gasteiger charge is -2.06. The van der Waals surface area contributed by atoms with Crippen LogP contribution in [0.15, 0.2) is 0 Å². The fourth-order valence-electron chi connectivity index (χ4n) is 2.48. The van der Waals surface area contributed by atoms with Crippen LogP contribution < -0.4 is 0 Å². The minimum Gasteiger partial charge on any atom is -0.355 e. The Morgan fingerprint density at radius 1 is 0.636 bits per heavy atom. The maximum atomic E-state index is 5.49. The predicted octanol–water partition coefficient (Wildman–Crippen LogP) is 6.09. The molecule has 0 unspecified atom stereocenters. The van der Waals surface area contributed by atoms with Gasteiger partial charge in [-0.25, -0.2) is 0 Å². The summed E-state index contributed by atoms with van der Waals surface area (Å²) in [5.41, 5.74) is 0. The van der Waals surface area contributed by atoms with E-state index in [-0.39, 0.29) is 0 Å². The SMILES string of the molecule is C#CCCCCCCCCCOCOCCCCCCCC. The number of ether oxygens (including phenoxy) is 2. The zero-order valence-electron chi connectivity index (χ0n) is 14.9. The van der Waals surface area contributed by atoms with Gasteiger partial charge < -0.3 is 9.47 Å². The summed E-state index contributed by atoms with van der Waals surface area (Å²) in [6.07, 6.45) is 22.9. The van der Waals surface area contributed by atoms with Gasteiger partial charge in [-0.15, -0.1) is 12.3 Å². The van der Waals surface area contributed by atoms with Crippen molar-refractivity contribution in [3.8, 4) is 12.3 Å². The predicted molar refractivity (Wildman–Crippen MR) is 95.9 cm³/mol. The van der Waals surface area contributed by atoms with E-state index in [0.717, 1.165) is 26.1 Å². The average Bonchev–Trinajstić information content (AvgIpc) is 2.54. The van der Waals surface area contributed by atoms with E-state index < -0.39 is 0 Å². The van der Waals surface area contributed by atoms with Crippen LogP contribution in [0.4, 0.5) is 0 Å². The third-order valence-electron chi connectivity index (χ3n) is 3.92. The number of hydrogen-bond donors (Lipinski definition) is 0. The van der Waals surface area contributed by atoms with E-state index in [1.807, 2.05) is 0 Å². The molecule has 0 rings (SSSR count). The van der Waals surface area contributed by atoms with E-state index in [2.05, 4.69) is 12.8 Å². The van der Waals surface area contributed by atoms with Crippen LogP contribution in [0.25, 0.3) is 0 Å². The summed E-state index contributed by atoms with van der Waals surface area (Å²) in [5, 5.41) is 0. The third kappa shape index (κ3) is 19.5. The van der Waals surface area contributed by atoms with Crippen LogP contribution >= 0.6 is 0 Å². The van der Waals surface area contributed by atoms with Gasteiger partial charge in [-0.05, 0) is 19.3 Å². The van der Waals surface area contributed by atoms with Crippen molar-refractivity contribution < 1.29 is 9.47 Å². The topological polar surface area (TPSA) is 18.5 Å². The van der Waals surface area contributed by atoms with Gasteiger partial charge in [0.1, 0.15) is 6.79 Å². The summed E-state index contributed by atoms with van der Waals surface area (Å²) < 4.78 is 11.0. The zero-order valence-corrected chi connectivity index (χ0v) is 14.9. The molecule has 0 aromatic heterocycles. The first-order chi connectivity index (χ1) is 10.9. The Kier molecular flexibility index (Phi) is 20.0. The van der Waals surface area contributed by atoms with Crippen LogP contribution in [-0.4, -0.2) is 20.0 Å². The van der Waals surface area contributed by atoms with Crippen LogP contribution in [0.1, 0.15) is 96.8 Å². The van der Waals surface area contributed by atoms with Crippen molar-refractivity contribution in [1.82, 2.24) is 0 Å². The van der Waals surface area contributed by atoms with Gasteiger partial charge in [-0.3, -0.25) is 0 Å². The molecule has 0 atom stereocenters. The summed E-state index contributed by atoms with van der Waals surface area (Å²) in [6, 6.07) is 0. The molecular formula is C20H38O2. The van der Waals surface area contributed by atoms with E-state index in [1.165, 1.54) is 77.0 Å². The third-order valence-corrected chi connectivity index (χ3v) is 3.92. The van der Waals surface area contributed by atoms with Crippen molar-refractivity contribution in [2.24, 2.45) is 0 Å². The number of unbranched alkanes of at least 4 members (excludes halogenated alkanes) is 12. The van der Waals surface area contributed by atoms with Gasteiger partial charge in [0, 0.05) is 19.6 Å². The second-order valence-corrected chi connectivity index (χ2v) is 6.13. The quantitative estimate of drug-likeness (QED) is 0.173. The Morgan fingerprint density at radius 2 is 1.09 bits per heavy atom. The van der Waals surface area contributed by atoms with Crippen molar-refractivity contribution in [3.63, 3.8) is 0 Å². The number of terminal acetylenes is 1. The van der Waals surface area contributed by atoms with Crippen LogP contribution in [-0.2, 0) is 9.47 Å². The Bertz CT molecular complexity index is 232. The molecule has 2 nitrogen and oxygen atoms in total. The van der Waals surface area contributed by atoms with Crippen molar-refractivity contribution in [3.05, 3.63) is 0 Å². The fourth-order valence-corrected chi connectivity index (χ4v) is 2.48. The summed E-state index contributed by atoms with van der Waals surface area (Å²) in [4.78, 5) is 0. The van der Waals surface area contributed by atoms with Gasteiger partial charge in [0.2, 0.25) is 0 Å². The van der Waals surface area contributed by atoms with Crippen molar-refractivity contribution >= 4 is 0 Å². The van der Waals surface area contributed by atoms with Crippen LogP contribution in [0, 0.1) is 12.3 Å². The molecule has 0 bridgehead atoms. The molecule has 0 radical (unpaired) electrons. The lowest BCUT2D eigenvalue weighted by molar-refractivity contribution is -0.0556. The lowest BCUT2D eigenvalue weighted by atomic mass is 10.1. The van der Waals surface area contributed by atoms with Gasteiger partial charge in [0.15, 0.2) is 0 Å². The molecule has 0 aliphatic rings. The van der Waals surface area contributed by atoms with Gasteiger partial charge in [0.05, 0.1) is 0 Å². The monoisotopic (exact) mass is 310 g/mol. The van der Waals surface area contributed by atoms with Crippen molar-refractivity contribution in [2.45, 2.75) is 96.8 Å². The van der Waals surface area contributed by atoms with Gasteiger partial charge in [-0.1, -0.05) is 71.1 Å². The molecule has 0 aliphatic heterocycles. The Hall–Kier alpha value is -0.520. The molecular weight excluding hydrogens is 272 g/mol. The highest BCUT2D eigenvalue weighted by Crippen LogP contribution is 2.08. The van der Waals surface area contributed by atoms with Gasteiger partial charge >= 0.3 is 0 Å². The average molecular weight is 311 g/mol. The molecule has 0 N–H and O–H groups in total. The first-order valence-corrected chi connectivity index (χ1v) is 9.50. The van der Waals surface area contributed by atoms with Crippen LogP contribution in [0.3, 0.4) is 0 Å². The maximum absolute atomic E-state index is 5.49.